The Kier molecular flexibility index (Phi) is 2.90. The molecule has 6 nitrogen and oxygen atoms in total. The molecule has 2 aromatic heterocycles. The van der Waals surface area contributed by atoms with Crippen molar-refractivity contribution in [3.05, 3.63) is 32.3 Å². The number of thioether (sulfide) groups is 2. The smallest absolute Gasteiger partial charge is 0.212 e. The predicted octanol–water partition coefficient (Wildman–Crippen LogP) is 3.56. The maximum atomic E-state index is 4.55. The van der Waals surface area contributed by atoms with E-state index in [-0.39, 0.29) is 0 Å². The summed E-state index contributed by atoms with van der Waals surface area (Å²) in [6.07, 6.45) is 0. The highest BCUT2D eigenvalue weighted by atomic mass is 32.2. The van der Waals surface area contributed by atoms with E-state index in [9.17, 15) is 0 Å². The lowest BCUT2D eigenvalue weighted by Gasteiger charge is -2.01. The summed E-state index contributed by atoms with van der Waals surface area (Å²) in [6.45, 7) is 0. The van der Waals surface area contributed by atoms with Gasteiger partial charge in [0.2, 0.25) is 5.13 Å². The third-order valence-electron chi connectivity index (χ3n) is 2.96. The van der Waals surface area contributed by atoms with Crippen molar-refractivity contribution in [1.29, 1.82) is 0 Å². The summed E-state index contributed by atoms with van der Waals surface area (Å²) >= 11 is 6.17. The van der Waals surface area contributed by atoms with E-state index >= 15 is 0 Å². The number of aliphatic imine (C=N–C) groups is 2. The van der Waals surface area contributed by atoms with Crippen LogP contribution >= 0.6 is 46.2 Å². The number of rotatable bonds is 0. The first kappa shape index (κ1) is 12.9. The highest BCUT2D eigenvalue weighted by Crippen LogP contribution is 2.33. The van der Waals surface area contributed by atoms with Crippen molar-refractivity contribution < 1.29 is 0 Å². The van der Waals surface area contributed by atoms with Crippen LogP contribution in [0.15, 0.2) is 31.6 Å². The summed E-state index contributed by atoms with van der Waals surface area (Å²) in [5, 5.41) is 17.8. The van der Waals surface area contributed by atoms with E-state index in [1.165, 1.54) is 11.3 Å². The zero-order valence-electron chi connectivity index (χ0n) is 10.7. The van der Waals surface area contributed by atoms with Gasteiger partial charge in [-0.05, 0) is 0 Å². The van der Waals surface area contributed by atoms with Gasteiger partial charge in [0.05, 0.1) is 11.4 Å². The first-order valence-corrected chi connectivity index (χ1v) is 9.72. The number of nitrogens with zero attached hydrogens (tertiary/aromatic N) is 4. The maximum Gasteiger partial charge on any atom is 0.212 e. The molecule has 5 heterocycles. The topological polar surface area (TPSA) is 74.6 Å². The zero-order valence-corrected chi connectivity index (χ0v) is 14.0. The van der Waals surface area contributed by atoms with E-state index in [0.717, 1.165) is 37.6 Å². The lowest BCUT2D eigenvalue weighted by Crippen LogP contribution is -2.14. The van der Waals surface area contributed by atoms with Gasteiger partial charge in [0.15, 0.2) is 16.2 Å². The second-order valence-electron chi connectivity index (χ2n) is 4.41. The third kappa shape index (κ3) is 2.19. The van der Waals surface area contributed by atoms with Crippen molar-refractivity contribution in [2.45, 2.75) is 0 Å². The van der Waals surface area contributed by atoms with Gasteiger partial charge in [-0.1, -0.05) is 23.5 Å². The van der Waals surface area contributed by atoms with E-state index < -0.39 is 0 Å². The van der Waals surface area contributed by atoms with Crippen LogP contribution in [0.25, 0.3) is 11.4 Å². The summed E-state index contributed by atoms with van der Waals surface area (Å²) in [5.41, 5.74) is 2.79. The number of fused-ring (bicyclic) bond motifs is 10. The van der Waals surface area contributed by atoms with Crippen molar-refractivity contribution in [3.8, 4) is 0 Å². The molecule has 0 radical (unpaired) electrons. The molecule has 3 aliphatic heterocycles. The molecule has 0 spiro atoms. The Bertz CT molecular complexity index is 828. The van der Waals surface area contributed by atoms with Crippen molar-refractivity contribution >= 4 is 78.9 Å². The molecule has 3 aliphatic rings. The highest BCUT2D eigenvalue weighted by molar-refractivity contribution is 8.17. The predicted molar refractivity (Wildman–Crippen MR) is 95.8 cm³/mol. The first-order valence-electron chi connectivity index (χ1n) is 6.20. The van der Waals surface area contributed by atoms with Crippen LogP contribution in [0.4, 0.5) is 10.9 Å². The maximum absolute atomic E-state index is 4.55. The van der Waals surface area contributed by atoms with Crippen LogP contribution in [-0.2, 0) is 0 Å². The molecular formula is C12H6N6S4. The van der Waals surface area contributed by atoms with Gasteiger partial charge in [0.25, 0.3) is 0 Å². The van der Waals surface area contributed by atoms with Crippen LogP contribution in [-0.4, -0.2) is 20.3 Å². The van der Waals surface area contributed by atoms with Crippen LogP contribution in [0.3, 0.4) is 0 Å². The minimum absolute atomic E-state index is 0.707. The molecule has 5 rings (SSSR count). The molecule has 0 aliphatic carbocycles. The summed E-state index contributed by atoms with van der Waals surface area (Å²) in [6, 6.07) is 0. The van der Waals surface area contributed by atoms with Crippen molar-refractivity contribution in [2.24, 2.45) is 9.98 Å². The number of hydrogen-bond donors (Lipinski definition) is 2. The van der Waals surface area contributed by atoms with Crippen LogP contribution < -0.4 is 10.6 Å². The lowest BCUT2D eigenvalue weighted by molar-refractivity contribution is 1.20. The number of hydrogen-bond acceptors (Lipinski definition) is 10. The molecular weight excluding hydrogens is 356 g/mol. The van der Waals surface area contributed by atoms with Crippen molar-refractivity contribution in [3.63, 3.8) is 0 Å². The van der Waals surface area contributed by atoms with Crippen molar-refractivity contribution in [2.75, 3.05) is 0 Å². The fourth-order valence-electron chi connectivity index (χ4n) is 1.99. The van der Waals surface area contributed by atoms with Crippen LogP contribution in [0, 0.1) is 0 Å². The summed E-state index contributed by atoms with van der Waals surface area (Å²) in [5.74, 6) is 0.707. The van der Waals surface area contributed by atoms with Gasteiger partial charge in [-0.15, -0.1) is 22.7 Å². The molecule has 0 aromatic carbocycles. The molecule has 0 atom stereocenters. The van der Waals surface area contributed by atoms with Crippen molar-refractivity contribution in [1.82, 2.24) is 20.6 Å². The largest absolute Gasteiger partial charge is 0.332 e. The Morgan fingerprint density at radius 1 is 0.818 bits per heavy atom. The fraction of sp³-hybridized carbons (Fsp3) is 0. The monoisotopic (exact) mass is 362 g/mol. The van der Waals surface area contributed by atoms with E-state index in [1.54, 1.807) is 34.9 Å². The quantitative estimate of drug-likeness (QED) is 0.746. The number of amidine groups is 2. The molecule has 22 heavy (non-hydrogen) atoms. The molecule has 0 fully saturated rings. The van der Waals surface area contributed by atoms with Crippen LogP contribution in [0.2, 0.25) is 0 Å². The van der Waals surface area contributed by atoms with Gasteiger partial charge in [0.1, 0.15) is 10.7 Å². The minimum Gasteiger partial charge on any atom is -0.332 e. The first-order chi connectivity index (χ1) is 10.8. The Morgan fingerprint density at radius 3 is 2.59 bits per heavy atom. The second kappa shape index (κ2) is 4.95. The van der Waals surface area contributed by atoms with Gasteiger partial charge in [-0.25, -0.2) is 15.0 Å². The standard InChI is InChI=1S/C12H6N6S4/c1-5-6-2-21-11(14-6)18-12-15-7(3-22-12)9-16-8(4-19-9)17-10(13-5)20-1/h1-4H,(H,13,17)(H,14,15,18). The van der Waals surface area contributed by atoms with Gasteiger partial charge in [0, 0.05) is 21.6 Å². The Hall–Kier alpha value is -1.62. The number of nitrogens with one attached hydrogen (secondary N) is 2. The summed E-state index contributed by atoms with van der Waals surface area (Å²) in [7, 11) is 0. The Morgan fingerprint density at radius 2 is 1.64 bits per heavy atom. The van der Waals surface area contributed by atoms with Gasteiger partial charge in [-0.2, -0.15) is 4.99 Å². The van der Waals surface area contributed by atoms with Gasteiger partial charge in [-0.3, -0.25) is 0 Å². The molecule has 0 saturated heterocycles. The molecule has 2 aromatic rings. The SMILES string of the molecule is C1=C2NC(=Nc3csc(n3)C3=CSC(=Nc4nc2cs4)N3)S1. The van der Waals surface area contributed by atoms with E-state index in [4.69, 9.17) is 0 Å². The Balaban J connectivity index is 1.64. The van der Waals surface area contributed by atoms with E-state index in [1.807, 2.05) is 21.6 Å². The Labute approximate surface area is 141 Å². The number of thiazole rings is 2. The average molecular weight is 362 g/mol. The summed E-state index contributed by atoms with van der Waals surface area (Å²) < 4.78 is 0. The third-order valence-corrected chi connectivity index (χ3v) is 6.10. The lowest BCUT2D eigenvalue weighted by atomic mass is 10.4. The van der Waals surface area contributed by atoms with Gasteiger partial charge < -0.3 is 10.6 Å². The van der Waals surface area contributed by atoms with Gasteiger partial charge >= 0.3 is 0 Å². The van der Waals surface area contributed by atoms with Crippen LogP contribution in [0.1, 0.15) is 10.7 Å². The highest BCUT2D eigenvalue weighted by Gasteiger charge is 2.20. The average Bonchev–Trinajstić information content (AvgIpc) is 3.24. The molecule has 0 saturated carbocycles. The molecule has 108 valence electrons. The molecule has 0 unspecified atom stereocenters. The molecule has 2 N–H and O–H groups in total. The van der Waals surface area contributed by atoms with E-state index in [2.05, 4.69) is 30.6 Å². The number of aromatic nitrogens is 2. The normalized spacial score (nSPS) is 18.5. The summed E-state index contributed by atoms with van der Waals surface area (Å²) in [4.78, 5) is 18.2. The molecule has 0 amide bonds. The van der Waals surface area contributed by atoms with Crippen LogP contribution in [0.5, 0.6) is 0 Å². The second-order valence-corrected chi connectivity index (χ2v) is 7.82. The minimum atomic E-state index is 0.707. The molecule has 10 heteroatoms. The zero-order chi connectivity index (χ0) is 14.5. The fourth-order valence-corrected chi connectivity index (χ4v) is 4.95. The molecule has 8 bridgehead atoms. The van der Waals surface area contributed by atoms with E-state index in [0.29, 0.717) is 5.82 Å².